The minimum atomic E-state index is -1.08. The summed E-state index contributed by atoms with van der Waals surface area (Å²) in [5.74, 6) is -1.74. The van der Waals surface area contributed by atoms with Crippen LogP contribution < -0.4 is 10.6 Å². The Labute approximate surface area is 137 Å². The van der Waals surface area contributed by atoms with Gasteiger partial charge < -0.3 is 20.5 Å². The lowest BCUT2D eigenvalue weighted by molar-refractivity contribution is -0.150. The summed E-state index contributed by atoms with van der Waals surface area (Å²) in [4.78, 5) is 34.9. The Bertz CT molecular complexity index is 436. The molecule has 7 heteroatoms. The van der Waals surface area contributed by atoms with Gasteiger partial charge in [-0.3, -0.25) is 9.59 Å². The van der Waals surface area contributed by atoms with Gasteiger partial charge in [0.15, 0.2) is 6.10 Å². The van der Waals surface area contributed by atoms with Crippen molar-refractivity contribution in [3.8, 4) is 0 Å². The Kier molecular flexibility index (Phi) is 7.48. The molecule has 0 aromatic carbocycles. The summed E-state index contributed by atoms with van der Waals surface area (Å²) in [6, 6.07) is -0.371. The van der Waals surface area contributed by atoms with Crippen LogP contribution >= 0.6 is 0 Å². The summed E-state index contributed by atoms with van der Waals surface area (Å²) in [5.41, 5.74) is 0. The van der Waals surface area contributed by atoms with Gasteiger partial charge in [0, 0.05) is 14.0 Å². The molecular weight excluding hydrogens is 300 g/mol. The molecule has 1 rings (SSSR count). The van der Waals surface area contributed by atoms with E-state index in [4.69, 9.17) is 4.74 Å². The van der Waals surface area contributed by atoms with E-state index in [-0.39, 0.29) is 24.3 Å². The molecule has 0 radical (unpaired) electrons. The van der Waals surface area contributed by atoms with E-state index in [2.05, 4.69) is 24.5 Å². The van der Waals surface area contributed by atoms with Gasteiger partial charge in [0.25, 0.3) is 0 Å². The first-order valence-electron chi connectivity index (χ1n) is 8.20. The van der Waals surface area contributed by atoms with Gasteiger partial charge in [-0.1, -0.05) is 26.7 Å². The zero-order valence-corrected chi connectivity index (χ0v) is 14.3. The first-order chi connectivity index (χ1) is 10.8. The Morgan fingerprint density at radius 2 is 1.87 bits per heavy atom. The molecule has 3 N–H and O–H groups in total. The fraction of sp³-hybridized carbons (Fsp3) is 0.812. The first kappa shape index (κ1) is 19.4. The molecule has 4 atom stereocenters. The van der Waals surface area contributed by atoms with Gasteiger partial charge in [-0.25, -0.2) is 4.79 Å². The second-order valence-electron chi connectivity index (χ2n) is 6.11. The highest BCUT2D eigenvalue weighted by molar-refractivity contribution is 5.82. The van der Waals surface area contributed by atoms with E-state index in [1.807, 2.05) is 0 Å². The molecule has 0 bridgehead atoms. The van der Waals surface area contributed by atoms with Crippen LogP contribution in [0.15, 0.2) is 0 Å². The zero-order chi connectivity index (χ0) is 17.6. The predicted octanol–water partition coefficient (Wildman–Crippen LogP) is 0.922. The molecule has 1 aliphatic heterocycles. The van der Waals surface area contributed by atoms with Crippen LogP contribution in [0.1, 0.15) is 46.5 Å². The van der Waals surface area contributed by atoms with Crippen molar-refractivity contribution in [1.29, 1.82) is 0 Å². The third-order valence-corrected chi connectivity index (χ3v) is 4.57. The van der Waals surface area contributed by atoms with E-state index in [0.29, 0.717) is 12.3 Å². The minimum absolute atomic E-state index is 0.124. The van der Waals surface area contributed by atoms with Gasteiger partial charge in [-0.05, 0) is 18.8 Å². The molecule has 23 heavy (non-hydrogen) atoms. The van der Waals surface area contributed by atoms with Crippen LogP contribution in [0.25, 0.3) is 0 Å². The molecule has 0 unspecified atom stereocenters. The molecule has 0 aliphatic carbocycles. The number of amides is 2. The molecule has 1 heterocycles. The maximum absolute atomic E-state index is 12.1. The molecule has 0 spiro atoms. The average molecular weight is 328 g/mol. The van der Waals surface area contributed by atoms with Gasteiger partial charge in [-0.15, -0.1) is 0 Å². The summed E-state index contributed by atoms with van der Waals surface area (Å²) in [7, 11) is 1.52. The lowest BCUT2D eigenvalue weighted by Crippen LogP contribution is -2.49. The first-order valence-corrected chi connectivity index (χ1v) is 8.20. The number of hydrogen-bond donors (Lipinski definition) is 3. The van der Waals surface area contributed by atoms with Crippen molar-refractivity contribution in [1.82, 2.24) is 10.6 Å². The molecular formula is C16H28N2O5. The summed E-state index contributed by atoms with van der Waals surface area (Å²) < 4.78 is 5.64. The fourth-order valence-corrected chi connectivity index (χ4v) is 3.20. The van der Waals surface area contributed by atoms with Crippen LogP contribution in [0.3, 0.4) is 0 Å². The number of carboxylic acid groups (broad SMARTS) is 1. The number of carbonyl (C=O) groups excluding carboxylic acids is 2. The molecule has 0 aromatic rings. The normalized spacial score (nSPS) is 25.2. The number of aliphatic carboxylic acids is 1. The van der Waals surface area contributed by atoms with Crippen LogP contribution in [0.5, 0.6) is 0 Å². The van der Waals surface area contributed by atoms with Crippen molar-refractivity contribution in [2.45, 2.75) is 64.7 Å². The predicted molar refractivity (Wildman–Crippen MR) is 84.8 cm³/mol. The summed E-state index contributed by atoms with van der Waals surface area (Å²) in [5, 5.41) is 14.6. The highest BCUT2D eigenvalue weighted by Gasteiger charge is 2.46. The van der Waals surface area contributed by atoms with E-state index >= 15 is 0 Å². The third kappa shape index (κ3) is 5.20. The van der Waals surface area contributed by atoms with E-state index in [9.17, 15) is 19.5 Å². The maximum Gasteiger partial charge on any atom is 0.332 e. The molecule has 0 aromatic heterocycles. The van der Waals surface area contributed by atoms with Gasteiger partial charge in [0.05, 0.1) is 18.1 Å². The summed E-state index contributed by atoms with van der Waals surface area (Å²) >= 11 is 0. The Morgan fingerprint density at radius 3 is 2.30 bits per heavy atom. The number of rotatable bonds is 8. The van der Waals surface area contributed by atoms with Gasteiger partial charge in [0.1, 0.15) is 0 Å². The number of carbonyl (C=O) groups is 3. The molecule has 132 valence electrons. The Hall–Kier alpha value is -1.63. The molecule has 2 amide bonds. The van der Waals surface area contributed by atoms with Crippen LogP contribution in [0.4, 0.5) is 0 Å². The number of nitrogens with one attached hydrogen (secondary N) is 2. The average Bonchev–Trinajstić information content (AvgIpc) is 2.95. The van der Waals surface area contributed by atoms with E-state index in [1.165, 1.54) is 14.0 Å². The molecule has 1 fully saturated rings. The van der Waals surface area contributed by atoms with Crippen molar-refractivity contribution >= 4 is 17.8 Å². The zero-order valence-electron chi connectivity index (χ0n) is 14.3. The SMILES string of the molecule is CCC(CC)C[C@H](NC(C)=O)[C@@H]1O[C@@H](C(=O)O)C[C@H]1C(=O)NC. The minimum Gasteiger partial charge on any atom is -0.479 e. The van der Waals surface area contributed by atoms with Crippen LogP contribution in [0, 0.1) is 11.8 Å². The Balaban J connectivity index is 3.00. The van der Waals surface area contributed by atoms with Crippen LogP contribution in [0.2, 0.25) is 0 Å². The standard InChI is InChI=1S/C16H28N2O5/c1-5-10(6-2)7-12(18-9(3)19)14-11(15(20)17-4)8-13(23-14)16(21)22/h10-14H,5-8H2,1-4H3,(H,17,20)(H,18,19)(H,21,22)/t11-,12+,13-,14-/m1/s1. The third-order valence-electron chi connectivity index (χ3n) is 4.57. The van der Waals surface area contributed by atoms with Crippen molar-refractivity contribution in [3.05, 3.63) is 0 Å². The molecule has 7 nitrogen and oxygen atoms in total. The fourth-order valence-electron chi connectivity index (χ4n) is 3.20. The van der Waals surface area contributed by atoms with Gasteiger partial charge >= 0.3 is 5.97 Å². The van der Waals surface area contributed by atoms with Gasteiger partial charge in [-0.2, -0.15) is 0 Å². The number of carboxylic acids is 1. The number of hydrogen-bond acceptors (Lipinski definition) is 4. The topological polar surface area (TPSA) is 105 Å². The van der Waals surface area contributed by atoms with E-state index < -0.39 is 24.1 Å². The van der Waals surface area contributed by atoms with Crippen LogP contribution in [-0.4, -0.2) is 48.2 Å². The number of ether oxygens (including phenoxy) is 1. The lowest BCUT2D eigenvalue weighted by Gasteiger charge is -2.30. The van der Waals surface area contributed by atoms with E-state index in [1.54, 1.807) is 0 Å². The van der Waals surface area contributed by atoms with Crippen molar-refractivity contribution in [3.63, 3.8) is 0 Å². The van der Waals surface area contributed by atoms with E-state index in [0.717, 1.165) is 12.8 Å². The summed E-state index contributed by atoms with van der Waals surface area (Å²) in [6.07, 6.45) is 1.05. The molecule has 0 saturated carbocycles. The molecule has 1 aliphatic rings. The monoisotopic (exact) mass is 328 g/mol. The maximum atomic E-state index is 12.1. The smallest absolute Gasteiger partial charge is 0.332 e. The van der Waals surface area contributed by atoms with Crippen LogP contribution in [-0.2, 0) is 19.1 Å². The second kappa shape index (κ2) is 8.86. The Morgan fingerprint density at radius 1 is 1.26 bits per heavy atom. The van der Waals surface area contributed by atoms with Gasteiger partial charge in [0.2, 0.25) is 11.8 Å². The lowest BCUT2D eigenvalue weighted by atomic mass is 9.86. The summed E-state index contributed by atoms with van der Waals surface area (Å²) in [6.45, 7) is 5.56. The van der Waals surface area contributed by atoms with Crippen molar-refractivity contribution < 1.29 is 24.2 Å². The largest absolute Gasteiger partial charge is 0.479 e. The quantitative estimate of drug-likeness (QED) is 0.614. The highest BCUT2D eigenvalue weighted by Crippen LogP contribution is 2.32. The van der Waals surface area contributed by atoms with Crippen molar-refractivity contribution in [2.24, 2.45) is 11.8 Å². The second-order valence-corrected chi connectivity index (χ2v) is 6.11. The molecule has 1 saturated heterocycles. The highest BCUT2D eigenvalue weighted by atomic mass is 16.5. The van der Waals surface area contributed by atoms with Crippen molar-refractivity contribution in [2.75, 3.05) is 7.05 Å².